The molecule has 0 radical (unpaired) electrons. The van der Waals surface area contributed by atoms with Crippen LogP contribution in [0.25, 0.3) is 11.1 Å². The van der Waals surface area contributed by atoms with Crippen LogP contribution in [0.1, 0.15) is 11.8 Å². The maximum absolute atomic E-state index is 3.49. The molecule has 1 aromatic heterocycles. The minimum Gasteiger partial charge on any atom is -0.312 e. The SMILES string of the molecule is C[C@@H]1CN(Cc2cc(-c3ccccc3)cs2)CCN1.Cl. The van der Waals surface area contributed by atoms with Crippen LogP contribution in [0.2, 0.25) is 0 Å². The van der Waals surface area contributed by atoms with Crippen LogP contribution in [0.4, 0.5) is 0 Å². The molecule has 4 heteroatoms. The molecule has 1 aromatic carbocycles. The van der Waals surface area contributed by atoms with Gasteiger partial charge in [0.05, 0.1) is 0 Å². The van der Waals surface area contributed by atoms with Gasteiger partial charge in [0.1, 0.15) is 0 Å². The van der Waals surface area contributed by atoms with Crippen LogP contribution in [0.5, 0.6) is 0 Å². The summed E-state index contributed by atoms with van der Waals surface area (Å²) < 4.78 is 0. The Morgan fingerprint density at radius 2 is 2.05 bits per heavy atom. The summed E-state index contributed by atoms with van der Waals surface area (Å²) in [6.07, 6.45) is 0. The third-order valence-corrected chi connectivity index (χ3v) is 4.51. The van der Waals surface area contributed by atoms with Crippen molar-refractivity contribution in [3.05, 3.63) is 46.7 Å². The van der Waals surface area contributed by atoms with E-state index in [-0.39, 0.29) is 12.4 Å². The molecule has 1 saturated heterocycles. The number of benzene rings is 1. The summed E-state index contributed by atoms with van der Waals surface area (Å²) in [6, 6.07) is 13.6. The molecule has 2 aromatic rings. The van der Waals surface area contributed by atoms with E-state index < -0.39 is 0 Å². The Bertz CT molecular complexity index is 526. The van der Waals surface area contributed by atoms with E-state index in [2.05, 4.69) is 58.9 Å². The Balaban J connectivity index is 0.00000147. The first-order valence-electron chi connectivity index (χ1n) is 6.90. The molecule has 1 atom stereocenters. The van der Waals surface area contributed by atoms with Gasteiger partial charge in [0.15, 0.2) is 0 Å². The predicted molar refractivity (Wildman–Crippen MR) is 89.7 cm³/mol. The maximum Gasteiger partial charge on any atom is 0.0329 e. The lowest BCUT2D eigenvalue weighted by atomic mass is 10.1. The second-order valence-electron chi connectivity index (χ2n) is 5.26. The summed E-state index contributed by atoms with van der Waals surface area (Å²) in [7, 11) is 0. The van der Waals surface area contributed by atoms with Crippen LogP contribution in [0, 0.1) is 0 Å². The number of halogens is 1. The summed E-state index contributed by atoms with van der Waals surface area (Å²) >= 11 is 1.88. The van der Waals surface area contributed by atoms with Crippen molar-refractivity contribution >= 4 is 23.7 Å². The summed E-state index contributed by atoms with van der Waals surface area (Å²) in [4.78, 5) is 4.01. The Kier molecular flexibility index (Phi) is 5.61. The first-order valence-corrected chi connectivity index (χ1v) is 7.78. The van der Waals surface area contributed by atoms with Crippen LogP contribution >= 0.6 is 23.7 Å². The third-order valence-electron chi connectivity index (χ3n) is 3.59. The highest BCUT2D eigenvalue weighted by Crippen LogP contribution is 2.26. The van der Waals surface area contributed by atoms with Gasteiger partial charge in [-0.1, -0.05) is 30.3 Å². The Morgan fingerprint density at radius 3 is 2.80 bits per heavy atom. The Hall–Kier alpha value is -0.870. The number of hydrogen-bond donors (Lipinski definition) is 1. The van der Waals surface area contributed by atoms with E-state index >= 15 is 0 Å². The molecule has 1 aliphatic rings. The van der Waals surface area contributed by atoms with E-state index in [4.69, 9.17) is 0 Å². The number of nitrogens with one attached hydrogen (secondary N) is 1. The molecule has 0 spiro atoms. The zero-order valence-corrected chi connectivity index (χ0v) is 13.3. The van der Waals surface area contributed by atoms with Crippen molar-refractivity contribution in [2.45, 2.75) is 19.5 Å². The van der Waals surface area contributed by atoms with Gasteiger partial charge >= 0.3 is 0 Å². The van der Waals surface area contributed by atoms with Gasteiger partial charge in [-0.2, -0.15) is 0 Å². The molecule has 20 heavy (non-hydrogen) atoms. The minimum atomic E-state index is 0. The molecule has 1 N–H and O–H groups in total. The van der Waals surface area contributed by atoms with Crippen LogP contribution in [-0.4, -0.2) is 30.6 Å². The number of piperazine rings is 1. The van der Waals surface area contributed by atoms with Gasteiger partial charge in [-0.05, 0) is 29.5 Å². The molecule has 0 saturated carbocycles. The molecule has 3 rings (SSSR count). The first kappa shape index (κ1) is 15.5. The molecule has 2 nitrogen and oxygen atoms in total. The summed E-state index contributed by atoms with van der Waals surface area (Å²) in [5.74, 6) is 0. The molecule has 0 bridgehead atoms. The minimum absolute atomic E-state index is 0. The predicted octanol–water partition coefficient (Wildman–Crippen LogP) is 3.63. The Morgan fingerprint density at radius 1 is 1.25 bits per heavy atom. The number of thiophene rings is 1. The molecule has 0 amide bonds. The largest absolute Gasteiger partial charge is 0.312 e. The molecule has 0 aliphatic carbocycles. The van der Waals surface area contributed by atoms with Crippen LogP contribution in [0.15, 0.2) is 41.8 Å². The van der Waals surface area contributed by atoms with E-state index in [0.717, 1.165) is 26.2 Å². The Labute approximate surface area is 131 Å². The number of nitrogens with zero attached hydrogens (tertiary/aromatic N) is 1. The first-order chi connectivity index (χ1) is 9.31. The second-order valence-corrected chi connectivity index (χ2v) is 6.25. The topological polar surface area (TPSA) is 15.3 Å². The van der Waals surface area contributed by atoms with Crippen LogP contribution in [0.3, 0.4) is 0 Å². The summed E-state index contributed by atoms with van der Waals surface area (Å²) in [6.45, 7) is 6.76. The zero-order chi connectivity index (χ0) is 13.1. The van der Waals surface area contributed by atoms with Crippen molar-refractivity contribution in [1.29, 1.82) is 0 Å². The van der Waals surface area contributed by atoms with Crippen LogP contribution in [-0.2, 0) is 6.54 Å². The second kappa shape index (κ2) is 7.23. The highest BCUT2D eigenvalue weighted by atomic mass is 35.5. The fourth-order valence-corrected chi connectivity index (χ4v) is 3.56. The monoisotopic (exact) mass is 308 g/mol. The van der Waals surface area contributed by atoms with Crippen molar-refractivity contribution in [3.8, 4) is 11.1 Å². The maximum atomic E-state index is 3.49. The molecule has 1 aliphatic heterocycles. The van der Waals surface area contributed by atoms with Crippen molar-refractivity contribution in [2.24, 2.45) is 0 Å². The molecule has 0 unspecified atom stereocenters. The van der Waals surface area contributed by atoms with Crippen molar-refractivity contribution in [2.75, 3.05) is 19.6 Å². The standard InChI is InChI=1S/C16H20N2S.ClH/c1-13-10-18(8-7-17-13)11-16-9-15(12-19-16)14-5-3-2-4-6-14;/h2-6,9,12-13,17H,7-8,10-11H2,1H3;1H/t13-;/m1./s1. The summed E-state index contributed by atoms with van der Waals surface area (Å²) in [5.41, 5.74) is 2.67. The summed E-state index contributed by atoms with van der Waals surface area (Å²) in [5, 5.41) is 5.76. The van der Waals surface area contributed by atoms with Crippen molar-refractivity contribution in [3.63, 3.8) is 0 Å². The lowest BCUT2D eigenvalue weighted by molar-refractivity contribution is 0.201. The average Bonchev–Trinajstić information content (AvgIpc) is 2.88. The fourth-order valence-electron chi connectivity index (χ4n) is 2.62. The average molecular weight is 309 g/mol. The van der Waals surface area contributed by atoms with Crippen molar-refractivity contribution in [1.82, 2.24) is 10.2 Å². The number of rotatable bonds is 3. The number of hydrogen-bond acceptors (Lipinski definition) is 3. The van der Waals surface area contributed by atoms with Gasteiger partial charge in [0.25, 0.3) is 0 Å². The van der Waals surface area contributed by atoms with Gasteiger partial charge in [0, 0.05) is 37.1 Å². The normalized spacial score (nSPS) is 19.6. The third kappa shape index (κ3) is 3.83. The highest BCUT2D eigenvalue weighted by Gasteiger charge is 2.16. The van der Waals surface area contributed by atoms with E-state index in [1.807, 2.05) is 11.3 Å². The van der Waals surface area contributed by atoms with Gasteiger partial charge < -0.3 is 5.32 Å². The highest BCUT2D eigenvalue weighted by molar-refractivity contribution is 7.10. The lowest BCUT2D eigenvalue weighted by Gasteiger charge is -2.31. The quantitative estimate of drug-likeness (QED) is 0.931. The van der Waals surface area contributed by atoms with E-state index in [9.17, 15) is 0 Å². The zero-order valence-electron chi connectivity index (χ0n) is 11.7. The fraction of sp³-hybridized carbons (Fsp3) is 0.375. The molecular formula is C16H21ClN2S. The molecule has 1 fully saturated rings. The molecule has 108 valence electrons. The van der Waals surface area contributed by atoms with Gasteiger partial charge in [-0.15, -0.1) is 23.7 Å². The van der Waals surface area contributed by atoms with Crippen LogP contribution < -0.4 is 5.32 Å². The smallest absolute Gasteiger partial charge is 0.0329 e. The molecule has 2 heterocycles. The molecular weight excluding hydrogens is 288 g/mol. The van der Waals surface area contributed by atoms with Gasteiger partial charge in [-0.25, -0.2) is 0 Å². The van der Waals surface area contributed by atoms with Gasteiger partial charge in [0.2, 0.25) is 0 Å². The van der Waals surface area contributed by atoms with Crippen molar-refractivity contribution < 1.29 is 0 Å². The lowest BCUT2D eigenvalue weighted by Crippen LogP contribution is -2.48. The van der Waals surface area contributed by atoms with Gasteiger partial charge in [-0.3, -0.25) is 4.90 Å². The van der Waals surface area contributed by atoms with E-state index in [0.29, 0.717) is 6.04 Å². The van der Waals surface area contributed by atoms with E-state index in [1.54, 1.807) is 0 Å². The van der Waals surface area contributed by atoms with E-state index in [1.165, 1.54) is 16.0 Å².